The van der Waals surface area contributed by atoms with E-state index >= 15 is 0 Å². The average Bonchev–Trinajstić information content (AvgIpc) is 2.30. The summed E-state index contributed by atoms with van der Waals surface area (Å²) >= 11 is 0. The van der Waals surface area contributed by atoms with Crippen molar-refractivity contribution in [2.75, 3.05) is 19.8 Å². The Labute approximate surface area is 104 Å². The number of carbonyl (C=O) groups excluding carboxylic acids is 1. The van der Waals surface area contributed by atoms with Crippen LogP contribution in [0.2, 0.25) is 0 Å². The molecule has 100 valence electrons. The molecule has 0 aromatic heterocycles. The molecule has 0 radical (unpaired) electrons. The number of hydrogen-bond acceptors (Lipinski definition) is 4. The smallest absolute Gasteiger partial charge is 0.187 e. The molecule has 1 atom stereocenters. The predicted molar refractivity (Wildman–Crippen MR) is 64.9 cm³/mol. The van der Waals surface area contributed by atoms with E-state index < -0.39 is 11.9 Å². The Morgan fingerprint density at radius 1 is 1.29 bits per heavy atom. The maximum Gasteiger partial charge on any atom is 0.187 e. The molecule has 4 heteroatoms. The van der Waals surface area contributed by atoms with Gasteiger partial charge in [0.05, 0.1) is 0 Å². The first kappa shape index (κ1) is 14.6. The summed E-state index contributed by atoms with van der Waals surface area (Å²) in [6, 6.07) is 0. The molecule has 0 spiro atoms. The summed E-state index contributed by atoms with van der Waals surface area (Å²) in [6.45, 7) is 7.05. The highest BCUT2D eigenvalue weighted by atomic mass is 16.7. The molecule has 1 saturated heterocycles. The Balaban J connectivity index is 2.52. The number of rotatable bonds is 7. The van der Waals surface area contributed by atoms with E-state index in [0.29, 0.717) is 6.61 Å². The van der Waals surface area contributed by atoms with Gasteiger partial charge in [0.1, 0.15) is 18.8 Å². The van der Waals surface area contributed by atoms with Crippen molar-refractivity contribution in [3.8, 4) is 0 Å². The van der Waals surface area contributed by atoms with Crippen LogP contribution in [0.15, 0.2) is 0 Å². The normalized spacial score (nSPS) is 21.5. The fourth-order valence-corrected chi connectivity index (χ4v) is 2.09. The molecule has 0 aromatic rings. The van der Waals surface area contributed by atoms with Gasteiger partial charge < -0.3 is 14.2 Å². The van der Waals surface area contributed by atoms with Crippen LogP contribution in [0.25, 0.3) is 0 Å². The third kappa shape index (κ3) is 4.37. The zero-order chi connectivity index (χ0) is 12.7. The highest BCUT2D eigenvalue weighted by Gasteiger charge is 2.39. The molecule has 0 aromatic carbocycles. The largest absolute Gasteiger partial charge is 0.370 e. The zero-order valence-electron chi connectivity index (χ0n) is 11.2. The molecule has 1 aliphatic heterocycles. The number of ether oxygens (including phenoxy) is 3. The minimum absolute atomic E-state index is 0.00587. The highest BCUT2D eigenvalue weighted by Crippen LogP contribution is 2.28. The van der Waals surface area contributed by atoms with Gasteiger partial charge in [0.25, 0.3) is 0 Å². The summed E-state index contributed by atoms with van der Waals surface area (Å²) in [5.41, 5.74) is -0.440. The van der Waals surface area contributed by atoms with Crippen molar-refractivity contribution in [3.63, 3.8) is 0 Å². The van der Waals surface area contributed by atoms with Gasteiger partial charge in [-0.1, -0.05) is 26.2 Å². The van der Waals surface area contributed by atoms with E-state index in [9.17, 15) is 4.79 Å². The van der Waals surface area contributed by atoms with Crippen LogP contribution < -0.4 is 0 Å². The van der Waals surface area contributed by atoms with Crippen LogP contribution in [0.4, 0.5) is 0 Å². The third-order valence-corrected chi connectivity index (χ3v) is 3.04. The van der Waals surface area contributed by atoms with Crippen LogP contribution in [0.5, 0.6) is 0 Å². The monoisotopic (exact) mass is 244 g/mol. The lowest BCUT2D eigenvalue weighted by Gasteiger charge is -2.38. The number of ketones is 1. The number of Topliss-reactive ketones (excluding diaryl/α,β-unsaturated/α-hetero) is 1. The first-order valence-corrected chi connectivity index (χ1v) is 6.51. The molecule has 1 heterocycles. The van der Waals surface area contributed by atoms with E-state index in [0.717, 1.165) is 12.8 Å². The summed E-state index contributed by atoms with van der Waals surface area (Å²) in [5, 5.41) is 0. The predicted octanol–water partition coefficient (Wildman–Crippen LogP) is 2.30. The molecule has 0 N–H and O–H groups in total. The Hall–Kier alpha value is -0.450. The standard InChI is InChI=1S/C13H24O4/c1-4-6-7-8-13(3,17-5-2)12-15-9-11(14)10-16-12/h12H,4-10H2,1-3H3. The summed E-state index contributed by atoms with van der Waals surface area (Å²) in [4.78, 5) is 11.1. The van der Waals surface area contributed by atoms with E-state index in [1.165, 1.54) is 12.8 Å². The van der Waals surface area contributed by atoms with Crippen molar-refractivity contribution < 1.29 is 19.0 Å². The van der Waals surface area contributed by atoms with Crippen LogP contribution >= 0.6 is 0 Å². The van der Waals surface area contributed by atoms with E-state index in [-0.39, 0.29) is 19.0 Å². The molecule has 0 aliphatic carbocycles. The van der Waals surface area contributed by atoms with Crippen molar-refractivity contribution in [2.45, 2.75) is 58.3 Å². The molecule has 17 heavy (non-hydrogen) atoms. The fourth-order valence-electron chi connectivity index (χ4n) is 2.09. The second kappa shape index (κ2) is 7.09. The van der Waals surface area contributed by atoms with Gasteiger partial charge in [0.15, 0.2) is 12.1 Å². The van der Waals surface area contributed by atoms with E-state index in [1.54, 1.807) is 0 Å². The molecular formula is C13H24O4. The SMILES string of the molecule is CCCCCC(C)(OCC)C1OCC(=O)CO1. The first-order chi connectivity index (χ1) is 8.12. The molecule has 0 saturated carbocycles. The molecule has 1 aliphatic rings. The van der Waals surface area contributed by atoms with Gasteiger partial charge >= 0.3 is 0 Å². The van der Waals surface area contributed by atoms with Crippen molar-refractivity contribution in [1.29, 1.82) is 0 Å². The Bertz CT molecular complexity index is 232. The first-order valence-electron chi connectivity index (χ1n) is 6.51. The van der Waals surface area contributed by atoms with Gasteiger partial charge in [-0.05, 0) is 20.3 Å². The molecular weight excluding hydrogens is 220 g/mol. The highest BCUT2D eigenvalue weighted by molar-refractivity contribution is 5.81. The van der Waals surface area contributed by atoms with E-state index in [1.807, 2.05) is 13.8 Å². The lowest BCUT2D eigenvalue weighted by molar-refractivity contribution is -0.261. The quantitative estimate of drug-likeness (QED) is 0.645. The van der Waals surface area contributed by atoms with E-state index in [2.05, 4.69) is 6.92 Å². The maximum absolute atomic E-state index is 11.1. The number of hydrogen-bond donors (Lipinski definition) is 0. The molecule has 4 nitrogen and oxygen atoms in total. The minimum Gasteiger partial charge on any atom is -0.370 e. The van der Waals surface area contributed by atoms with Crippen LogP contribution in [-0.2, 0) is 19.0 Å². The van der Waals surface area contributed by atoms with Crippen molar-refractivity contribution in [3.05, 3.63) is 0 Å². The average molecular weight is 244 g/mol. The summed E-state index contributed by atoms with van der Waals surface area (Å²) in [6.07, 6.45) is 3.91. The zero-order valence-corrected chi connectivity index (χ0v) is 11.2. The van der Waals surface area contributed by atoms with Crippen LogP contribution in [0.1, 0.15) is 46.5 Å². The molecule has 1 rings (SSSR count). The van der Waals surface area contributed by atoms with Gasteiger partial charge in [0, 0.05) is 6.61 Å². The Morgan fingerprint density at radius 3 is 2.47 bits per heavy atom. The van der Waals surface area contributed by atoms with Gasteiger partial charge in [-0.15, -0.1) is 0 Å². The second-order valence-electron chi connectivity index (χ2n) is 4.70. The fraction of sp³-hybridized carbons (Fsp3) is 0.923. The van der Waals surface area contributed by atoms with Crippen molar-refractivity contribution in [2.24, 2.45) is 0 Å². The van der Waals surface area contributed by atoms with Gasteiger partial charge in [-0.2, -0.15) is 0 Å². The van der Waals surface area contributed by atoms with Crippen LogP contribution in [-0.4, -0.2) is 37.5 Å². The molecule has 0 bridgehead atoms. The maximum atomic E-state index is 11.1. The molecule has 1 unspecified atom stereocenters. The van der Waals surface area contributed by atoms with Gasteiger partial charge in [0.2, 0.25) is 0 Å². The Morgan fingerprint density at radius 2 is 1.94 bits per heavy atom. The van der Waals surface area contributed by atoms with Crippen LogP contribution in [0.3, 0.4) is 0 Å². The van der Waals surface area contributed by atoms with Crippen LogP contribution in [0, 0.1) is 0 Å². The van der Waals surface area contributed by atoms with Crippen molar-refractivity contribution in [1.82, 2.24) is 0 Å². The lowest BCUT2D eigenvalue weighted by atomic mass is 9.96. The lowest BCUT2D eigenvalue weighted by Crippen LogP contribution is -2.49. The van der Waals surface area contributed by atoms with E-state index in [4.69, 9.17) is 14.2 Å². The Kier molecular flexibility index (Phi) is 6.09. The third-order valence-electron chi connectivity index (χ3n) is 3.04. The van der Waals surface area contributed by atoms with Gasteiger partial charge in [-0.3, -0.25) is 4.79 Å². The second-order valence-corrected chi connectivity index (χ2v) is 4.70. The number of carbonyl (C=O) groups is 1. The topological polar surface area (TPSA) is 44.8 Å². The van der Waals surface area contributed by atoms with Crippen molar-refractivity contribution >= 4 is 5.78 Å². The summed E-state index contributed by atoms with van der Waals surface area (Å²) in [5.74, 6) is -0.00587. The summed E-state index contributed by atoms with van der Waals surface area (Å²) < 4.78 is 16.7. The minimum atomic E-state index is -0.440. The summed E-state index contributed by atoms with van der Waals surface area (Å²) in [7, 11) is 0. The number of unbranched alkanes of at least 4 members (excludes halogenated alkanes) is 2. The molecule has 0 amide bonds. The van der Waals surface area contributed by atoms with Gasteiger partial charge in [-0.25, -0.2) is 0 Å². The molecule has 1 fully saturated rings.